The van der Waals surface area contributed by atoms with Crippen LogP contribution < -0.4 is 9.47 Å². The van der Waals surface area contributed by atoms with E-state index < -0.39 is 0 Å². The molecule has 0 radical (unpaired) electrons. The molecule has 2 aromatic rings. The van der Waals surface area contributed by atoms with E-state index >= 15 is 0 Å². The number of hydrogen-bond acceptors (Lipinski definition) is 3. The molecular formula is C24H35NO2. The van der Waals surface area contributed by atoms with Crippen LogP contribution in [0.25, 0.3) is 10.8 Å². The van der Waals surface area contributed by atoms with Crippen molar-refractivity contribution in [1.29, 1.82) is 0 Å². The minimum atomic E-state index is 0.809. The van der Waals surface area contributed by atoms with E-state index in [1.165, 1.54) is 81.8 Å². The van der Waals surface area contributed by atoms with Gasteiger partial charge in [0.2, 0.25) is 0 Å². The number of nitrogens with zero attached hydrogens (tertiary/aromatic N) is 1. The minimum absolute atomic E-state index is 0.809. The number of rotatable bonds is 11. The summed E-state index contributed by atoms with van der Waals surface area (Å²) in [4.78, 5) is 2.65. The maximum atomic E-state index is 5.95. The number of methoxy groups -OCH3 is 1. The van der Waals surface area contributed by atoms with E-state index in [-0.39, 0.29) is 0 Å². The molecule has 1 aliphatic heterocycles. The fourth-order valence-corrected chi connectivity index (χ4v) is 3.94. The summed E-state index contributed by atoms with van der Waals surface area (Å²) < 4.78 is 11.3. The van der Waals surface area contributed by atoms with Crippen molar-refractivity contribution in [2.45, 2.75) is 57.8 Å². The van der Waals surface area contributed by atoms with Gasteiger partial charge in [0.25, 0.3) is 0 Å². The van der Waals surface area contributed by atoms with E-state index in [2.05, 4.69) is 35.2 Å². The highest BCUT2D eigenvalue weighted by Gasteiger charge is 2.08. The number of fused-ring (bicyclic) bond motifs is 1. The van der Waals surface area contributed by atoms with Crippen LogP contribution in [0.3, 0.4) is 0 Å². The molecular weight excluding hydrogens is 334 g/mol. The molecule has 3 rings (SSSR count). The van der Waals surface area contributed by atoms with Gasteiger partial charge < -0.3 is 14.4 Å². The van der Waals surface area contributed by atoms with Crippen molar-refractivity contribution in [2.24, 2.45) is 0 Å². The normalized spacial score (nSPS) is 15.1. The lowest BCUT2D eigenvalue weighted by Crippen LogP contribution is -2.30. The Morgan fingerprint density at radius 2 is 1.41 bits per heavy atom. The number of unbranched alkanes of at least 4 members (excludes halogenated alkanes) is 5. The van der Waals surface area contributed by atoms with Crippen molar-refractivity contribution < 1.29 is 9.47 Å². The molecule has 1 saturated heterocycles. The second-order valence-electron chi connectivity index (χ2n) is 7.75. The summed E-state index contributed by atoms with van der Waals surface area (Å²) in [7, 11) is 1.70. The Balaban J connectivity index is 1.25. The van der Waals surface area contributed by atoms with E-state index in [9.17, 15) is 0 Å². The molecule has 0 atom stereocenters. The predicted octanol–water partition coefficient (Wildman–Crippen LogP) is 6.05. The van der Waals surface area contributed by atoms with Gasteiger partial charge in [-0.1, -0.05) is 44.2 Å². The van der Waals surface area contributed by atoms with Gasteiger partial charge in [0, 0.05) is 0 Å². The third kappa shape index (κ3) is 6.73. The number of hydrogen-bond donors (Lipinski definition) is 0. The Morgan fingerprint density at radius 1 is 0.741 bits per heavy atom. The smallest absolute Gasteiger partial charge is 0.119 e. The van der Waals surface area contributed by atoms with Gasteiger partial charge in [0.1, 0.15) is 11.5 Å². The van der Waals surface area contributed by atoms with Crippen LogP contribution in [0.4, 0.5) is 0 Å². The Morgan fingerprint density at radius 3 is 2.19 bits per heavy atom. The van der Waals surface area contributed by atoms with Crippen LogP contribution in [0.1, 0.15) is 57.8 Å². The first kappa shape index (κ1) is 20.0. The fourth-order valence-electron chi connectivity index (χ4n) is 3.94. The summed E-state index contributed by atoms with van der Waals surface area (Å²) in [6.07, 6.45) is 12.1. The molecule has 0 saturated carbocycles. The number of piperidine rings is 1. The van der Waals surface area contributed by atoms with Gasteiger partial charge in [0.15, 0.2) is 0 Å². The van der Waals surface area contributed by atoms with Crippen molar-refractivity contribution >= 4 is 10.8 Å². The Bertz CT molecular complexity index is 679. The zero-order valence-electron chi connectivity index (χ0n) is 16.9. The topological polar surface area (TPSA) is 21.7 Å². The van der Waals surface area contributed by atoms with E-state index in [1.54, 1.807) is 7.11 Å². The highest BCUT2D eigenvalue weighted by Crippen LogP contribution is 2.25. The van der Waals surface area contributed by atoms with Gasteiger partial charge >= 0.3 is 0 Å². The summed E-state index contributed by atoms with van der Waals surface area (Å²) in [5.74, 6) is 1.84. The lowest BCUT2D eigenvalue weighted by atomic mass is 10.1. The first-order valence-corrected chi connectivity index (χ1v) is 10.8. The van der Waals surface area contributed by atoms with Gasteiger partial charge in [-0.3, -0.25) is 0 Å². The predicted molar refractivity (Wildman–Crippen MR) is 114 cm³/mol. The molecule has 0 N–H and O–H groups in total. The number of benzene rings is 2. The van der Waals surface area contributed by atoms with Gasteiger partial charge in [-0.15, -0.1) is 0 Å². The molecule has 2 aromatic carbocycles. The summed E-state index contributed by atoms with van der Waals surface area (Å²) in [5.41, 5.74) is 0. The summed E-state index contributed by atoms with van der Waals surface area (Å²) >= 11 is 0. The second-order valence-corrected chi connectivity index (χ2v) is 7.75. The van der Waals surface area contributed by atoms with E-state index in [0.717, 1.165) is 24.5 Å². The van der Waals surface area contributed by atoms with E-state index in [4.69, 9.17) is 9.47 Å². The van der Waals surface area contributed by atoms with Gasteiger partial charge in [0.05, 0.1) is 13.7 Å². The Labute approximate surface area is 164 Å². The van der Waals surface area contributed by atoms with Crippen LogP contribution in [0.2, 0.25) is 0 Å². The molecule has 148 valence electrons. The average Bonchev–Trinajstić information content (AvgIpc) is 2.72. The average molecular weight is 370 g/mol. The van der Waals surface area contributed by atoms with Crippen LogP contribution >= 0.6 is 0 Å². The molecule has 3 nitrogen and oxygen atoms in total. The zero-order valence-corrected chi connectivity index (χ0v) is 16.9. The third-order valence-electron chi connectivity index (χ3n) is 5.60. The van der Waals surface area contributed by atoms with E-state index in [0.29, 0.717) is 0 Å². The Hall–Kier alpha value is -1.74. The lowest BCUT2D eigenvalue weighted by molar-refractivity contribution is 0.224. The summed E-state index contributed by atoms with van der Waals surface area (Å²) in [5, 5.41) is 2.38. The molecule has 3 heteroatoms. The molecule has 0 bridgehead atoms. The highest BCUT2D eigenvalue weighted by molar-refractivity contribution is 5.85. The minimum Gasteiger partial charge on any atom is -0.497 e. The Kier molecular flexibility index (Phi) is 8.29. The van der Waals surface area contributed by atoms with E-state index in [1.807, 2.05) is 6.07 Å². The first-order chi connectivity index (χ1) is 13.3. The summed E-state index contributed by atoms with van der Waals surface area (Å²) in [6.45, 7) is 4.79. The van der Waals surface area contributed by atoms with Crippen LogP contribution in [0.15, 0.2) is 36.4 Å². The van der Waals surface area contributed by atoms with Crippen molar-refractivity contribution in [2.75, 3.05) is 33.4 Å². The maximum absolute atomic E-state index is 5.95. The molecule has 1 heterocycles. The van der Waals surface area contributed by atoms with Crippen molar-refractivity contribution in [3.63, 3.8) is 0 Å². The lowest BCUT2D eigenvalue weighted by Gasteiger charge is -2.26. The quantitative estimate of drug-likeness (QED) is 0.450. The largest absolute Gasteiger partial charge is 0.497 e. The molecule has 0 aromatic heterocycles. The standard InChI is InChI=1S/C24H35NO2/c1-26-23-13-11-21-12-14-24(20-22(21)19-23)27-18-10-5-3-2-4-7-15-25-16-8-6-9-17-25/h11-14,19-20H,2-10,15-18H2,1H3. The number of ether oxygens (including phenoxy) is 2. The SMILES string of the molecule is COc1ccc2ccc(OCCCCCCCCN3CCCCC3)cc2c1. The second kappa shape index (κ2) is 11.2. The van der Waals surface area contributed by atoms with Crippen LogP contribution in [-0.4, -0.2) is 38.3 Å². The molecule has 27 heavy (non-hydrogen) atoms. The van der Waals surface area contributed by atoms with Crippen LogP contribution in [0.5, 0.6) is 11.5 Å². The molecule has 1 aliphatic rings. The highest BCUT2D eigenvalue weighted by atomic mass is 16.5. The van der Waals surface area contributed by atoms with Crippen LogP contribution in [0, 0.1) is 0 Å². The van der Waals surface area contributed by atoms with Crippen molar-refractivity contribution in [3.8, 4) is 11.5 Å². The van der Waals surface area contributed by atoms with Gasteiger partial charge in [-0.25, -0.2) is 0 Å². The first-order valence-electron chi connectivity index (χ1n) is 10.8. The zero-order chi connectivity index (χ0) is 18.7. The van der Waals surface area contributed by atoms with Gasteiger partial charge in [-0.2, -0.15) is 0 Å². The van der Waals surface area contributed by atoms with Crippen molar-refractivity contribution in [1.82, 2.24) is 4.90 Å². The molecule has 0 amide bonds. The third-order valence-corrected chi connectivity index (χ3v) is 5.60. The molecule has 0 aliphatic carbocycles. The van der Waals surface area contributed by atoms with Crippen molar-refractivity contribution in [3.05, 3.63) is 36.4 Å². The maximum Gasteiger partial charge on any atom is 0.119 e. The van der Waals surface area contributed by atoms with Crippen LogP contribution in [-0.2, 0) is 0 Å². The van der Waals surface area contributed by atoms with Gasteiger partial charge in [-0.05, 0) is 80.4 Å². The summed E-state index contributed by atoms with van der Waals surface area (Å²) in [6, 6.07) is 12.4. The monoisotopic (exact) mass is 369 g/mol. The molecule has 0 unspecified atom stereocenters. The molecule has 0 spiro atoms. The molecule has 1 fully saturated rings. The fraction of sp³-hybridized carbons (Fsp3) is 0.583. The number of likely N-dealkylation sites (tertiary alicyclic amines) is 1.